The molecule has 3 atom stereocenters. The number of nitrogens with two attached hydrogens (primary N) is 1. The molecule has 2 nitrogen and oxygen atoms in total. The molecule has 4 saturated carbocycles. The Morgan fingerprint density at radius 1 is 0.941 bits per heavy atom. The lowest BCUT2D eigenvalue weighted by atomic mass is 9.41. The first kappa shape index (κ1) is 22.5. The molecule has 3 heteroatoms. The van der Waals surface area contributed by atoms with Gasteiger partial charge in [-0.3, -0.25) is 0 Å². The van der Waals surface area contributed by atoms with Crippen LogP contribution in [0.3, 0.4) is 0 Å². The molecular weight excluding hydrogens is 432 g/mol. The Kier molecular flexibility index (Phi) is 5.31. The fourth-order valence-electron chi connectivity index (χ4n) is 8.18. The van der Waals surface area contributed by atoms with E-state index < -0.39 is 0 Å². The largest absolute Gasteiger partial charge is 0.365 e. The summed E-state index contributed by atoms with van der Waals surface area (Å²) >= 11 is 6.44. The zero-order chi connectivity index (χ0) is 23.6. The second-order valence-corrected chi connectivity index (χ2v) is 12.9. The molecule has 0 spiro atoms. The van der Waals surface area contributed by atoms with Crippen molar-refractivity contribution in [2.45, 2.75) is 63.8 Å². The summed E-state index contributed by atoms with van der Waals surface area (Å²) in [7, 11) is 0. The van der Waals surface area contributed by atoms with Gasteiger partial charge in [-0.15, -0.1) is 0 Å². The van der Waals surface area contributed by atoms with Crippen molar-refractivity contribution in [1.29, 1.82) is 0 Å². The third-order valence-corrected chi connectivity index (χ3v) is 10.4. The number of nitrogens with zero attached hydrogens (tertiary/aromatic N) is 1. The van der Waals surface area contributed by atoms with E-state index in [1.807, 2.05) is 0 Å². The molecule has 2 aromatic rings. The number of hydrogen-bond acceptors (Lipinski definition) is 2. The van der Waals surface area contributed by atoms with Crippen LogP contribution >= 0.6 is 12.2 Å². The van der Waals surface area contributed by atoms with Crippen LogP contribution in [0.5, 0.6) is 0 Å². The van der Waals surface area contributed by atoms with Crippen molar-refractivity contribution in [2.75, 3.05) is 13.1 Å². The van der Waals surface area contributed by atoms with Crippen molar-refractivity contribution in [3.05, 3.63) is 77.4 Å². The molecule has 1 saturated heterocycles. The molecule has 4 aliphatic carbocycles. The number of likely N-dealkylation sites (tertiary alicyclic amines) is 1. The van der Waals surface area contributed by atoms with Gasteiger partial charge in [0.1, 0.15) is 0 Å². The predicted octanol–water partition coefficient (Wildman–Crippen LogP) is 6.60. The van der Waals surface area contributed by atoms with E-state index in [-0.39, 0.29) is 22.3 Å². The lowest BCUT2D eigenvalue weighted by Gasteiger charge is -2.64. The maximum atomic E-state index is 6.49. The van der Waals surface area contributed by atoms with Gasteiger partial charge < -0.3 is 10.6 Å². The Bertz CT molecular complexity index is 1080. The van der Waals surface area contributed by atoms with Crippen molar-refractivity contribution in [2.24, 2.45) is 28.4 Å². The van der Waals surface area contributed by atoms with E-state index in [1.54, 1.807) is 5.57 Å². The van der Waals surface area contributed by atoms with Crippen LogP contribution in [0.25, 0.3) is 6.08 Å². The first-order chi connectivity index (χ1) is 16.3. The highest BCUT2D eigenvalue weighted by atomic mass is 32.1. The van der Waals surface area contributed by atoms with Crippen LogP contribution in [0.1, 0.15) is 63.5 Å². The van der Waals surface area contributed by atoms with Crippen molar-refractivity contribution >= 4 is 23.3 Å². The van der Waals surface area contributed by atoms with Crippen LogP contribution in [0.2, 0.25) is 0 Å². The molecule has 5 fully saturated rings. The summed E-state index contributed by atoms with van der Waals surface area (Å²) in [6.45, 7) is 6.65. The van der Waals surface area contributed by atoms with Crippen LogP contribution in [-0.4, -0.2) is 29.0 Å². The third kappa shape index (κ3) is 3.58. The lowest BCUT2D eigenvalue weighted by Crippen LogP contribution is -2.62. The highest BCUT2D eigenvalue weighted by Gasteiger charge is 2.62. The second-order valence-electron chi connectivity index (χ2n) is 12.5. The van der Waals surface area contributed by atoms with Crippen molar-refractivity contribution in [3.63, 3.8) is 0 Å². The number of hydrogen-bond donors (Lipinski definition) is 1. The summed E-state index contributed by atoms with van der Waals surface area (Å²) < 4.78 is 0. The maximum absolute atomic E-state index is 6.49. The topological polar surface area (TPSA) is 29.3 Å². The van der Waals surface area contributed by atoms with Gasteiger partial charge in [0.15, 0.2) is 0 Å². The first-order valence-corrected chi connectivity index (χ1v) is 13.6. The maximum Gasteiger partial charge on any atom is 0.0842 e. The summed E-state index contributed by atoms with van der Waals surface area (Å²) in [4.78, 5) is 3.81. The highest BCUT2D eigenvalue weighted by molar-refractivity contribution is 7.80. The molecule has 0 aromatic heterocycles. The van der Waals surface area contributed by atoms with Gasteiger partial charge in [0.25, 0.3) is 0 Å². The lowest BCUT2D eigenvalue weighted by molar-refractivity contribution is -0.000795. The van der Waals surface area contributed by atoms with E-state index in [4.69, 9.17) is 18.0 Å². The minimum atomic E-state index is 0.111. The minimum Gasteiger partial charge on any atom is -0.365 e. The fraction of sp³-hybridized carbons (Fsp3) is 0.516. The Balaban J connectivity index is 1.38. The molecule has 5 aliphatic rings. The van der Waals surface area contributed by atoms with Crippen LogP contribution in [0, 0.1) is 22.7 Å². The average Bonchev–Trinajstić information content (AvgIpc) is 2.83. The molecule has 0 radical (unpaired) electrons. The SMILES string of the molecule is CC1(C)CN(C(=S)C23CC4CC(c5ccccc5)(CC(C2)C4=Cc2ccccc2)C3)CC[C@@H]1N. The van der Waals surface area contributed by atoms with E-state index in [0.29, 0.717) is 11.8 Å². The van der Waals surface area contributed by atoms with Crippen LogP contribution < -0.4 is 5.73 Å². The van der Waals surface area contributed by atoms with Gasteiger partial charge in [0.05, 0.1) is 4.99 Å². The average molecular weight is 471 g/mol. The third-order valence-electron chi connectivity index (χ3n) is 9.74. The Morgan fingerprint density at radius 2 is 1.56 bits per heavy atom. The van der Waals surface area contributed by atoms with E-state index in [2.05, 4.69) is 85.5 Å². The zero-order valence-electron chi connectivity index (χ0n) is 20.7. The van der Waals surface area contributed by atoms with Crippen LogP contribution in [-0.2, 0) is 5.41 Å². The summed E-state index contributed by atoms with van der Waals surface area (Å²) in [5.41, 5.74) is 11.6. The number of rotatable bonds is 3. The van der Waals surface area contributed by atoms with Crippen LogP contribution in [0.15, 0.2) is 66.2 Å². The molecule has 2 aromatic carbocycles. The van der Waals surface area contributed by atoms with Crippen molar-refractivity contribution in [1.82, 2.24) is 4.90 Å². The van der Waals surface area contributed by atoms with Crippen LogP contribution in [0.4, 0.5) is 0 Å². The Morgan fingerprint density at radius 3 is 2.18 bits per heavy atom. The van der Waals surface area contributed by atoms with Gasteiger partial charge in [0, 0.05) is 24.5 Å². The monoisotopic (exact) mass is 470 g/mol. The van der Waals surface area contributed by atoms with Crippen molar-refractivity contribution < 1.29 is 0 Å². The molecule has 1 heterocycles. The molecule has 4 bridgehead atoms. The van der Waals surface area contributed by atoms with Gasteiger partial charge in [-0.05, 0) is 72.3 Å². The zero-order valence-corrected chi connectivity index (χ0v) is 21.5. The molecule has 7 rings (SSSR count). The van der Waals surface area contributed by atoms with E-state index >= 15 is 0 Å². The standard InChI is InChI=1S/C31H38N2S/c1-29(2)21-33(14-13-27(29)32)28(34)31-18-23-16-30(20-31,25-11-7-4-8-12-25)17-24(19-31)26(23)15-22-9-5-3-6-10-22/h3-12,15,23-24,27H,13-14,16-21,32H2,1-2H3/t23?,24?,27-,30?,31?/m0/s1. The first-order valence-electron chi connectivity index (χ1n) is 13.2. The highest BCUT2D eigenvalue weighted by Crippen LogP contribution is 2.68. The normalized spacial score (nSPS) is 35.9. The fourth-order valence-corrected chi connectivity index (χ4v) is 8.57. The van der Waals surface area contributed by atoms with Gasteiger partial charge in [-0.2, -0.15) is 0 Å². The number of allylic oxidation sites excluding steroid dienone is 1. The molecule has 1 aliphatic heterocycles. The number of piperidine rings is 1. The van der Waals surface area contributed by atoms with Gasteiger partial charge >= 0.3 is 0 Å². The predicted molar refractivity (Wildman–Crippen MR) is 146 cm³/mol. The molecule has 34 heavy (non-hydrogen) atoms. The summed E-state index contributed by atoms with van der Waals surface area (Å²) in [5.74, 6) is 1.25. The molecule has 2 N–H and O–H groups in total. The molecular formula is C31H38N2S. The van der Waals surface area contributed by atoms with Crippen molar-refractivity contribution in [3.8, 4) is 0 Å². The molecule has 178 valence electrons. The number of benzene rings is 2. The number of thiocarbonyl (C=S) groups is 1. The summed E-state index contributed by atoms with van der Waals surface area (Å²) in [6, 6.07) is 22.6. The van der Waals surface area contributed by atoms with Gasteiger partial charge in [-0.25, -0.2) is 0 Å². The van der Waals surface area contributed by atoms with Gasteiger partial charge in [-0.1, -0.05) is 98.4 Å². The van der Waals surface area contributed by atoms with E-state index in [1.165, 1.54) is 48.2 Å². The smallest absolute Gasteiger partial charge is 0.0842 e. The Labute approximate surface area is 210 Å². The Hall–Kier alpha value is -1.97. The summed E-state index contributed by atoms with van der Waals surface area (Å²) in [6.07, 6.45) is 9.76. The quantitative estimate of drug-likeness (QED) is 0.512. The van der Waals surface area contributed by atoms with E-state index in [9.17, 15) is 0 Å². The second kappa shape index (κ2) is 8.03. The molecule has 2 unspecified atom stereocenters. The van der Waals surface area contributed by atoms with Gasteiger partial charge in [0.2, 0.25) is 0 Å². The summed E-state index contributed by atoms with van der Waals surface area (Å²) in [5, 5.41) is 0. The molecule has 0 amide bonds. The minimum absolute atomic E-state index is 0.111. The van der Waals surface area contributed by atoms with E-state index in [0.717, 1.165) is 19.5 Å².